The van der Waals surface area contributed by atoms with Crippen LogP contribution in [0, 0.1) is 5.92 Å². The summed E-state index contributed by atoms with van der Waals surface area (Å²) in [5.74, 6) is -0.0203. The van der Waals surface area contributed by atoms with Gasteiger partial charge in [-0.05, 0) is 52.3 Å². The first-order valence-electron chi connectivity index (χ1n) is 11.3. The van der Waals surface area contributed by atoms with Gasteiger partial charge in [-0.3, -0.25) is 14.6 Å². The van der Waals surface area contributed by atoms with Crippen LogP contribution in [0.5, 0.6) is 0 Å². The number of alkyl halides is 3. The molecular formula is C23H35F3N4O5. The van der Waals surface area contributed by atoms with Crippen molar-refractivity contribution in [2.45, 2.75) is 45.4 Å². The van der Waals surface area contributed by atoms with Gasteiger partial charge < -0.3 is 24.6 Å². The van der Waals surface area contributed by atoms with Gasteiger partial charge in [-0.15, -0.1) is 0 Å². The summed E-state index contributed by atoms with van der Waals surface area (Å²) in [5, 5.41) is 1.48. The second-order valence-electron chi connectivity index (χ2n) is 9.10. The van der Waals surface area contributed by atoms with Gasteiger partial charge in [0.2, 0.25) is 6.41 Å². The second kappa shape index (κ2) is 14.5. The Morgan fingerprint density at radius 3 is 2.34 bits per heavy atom. The zero-order chi connectivity index (χ0) is 26.5. The standard InChI is InChI=1S/C10H20N2O2.C10H11NO2.C3H4F3NO/c1-10(2,3)14-9(13)12-7-5-11(4)6-8-12;12-10-9(3-5-13-10)6-8-2-1-4-11-7-8;4-3(5,6)1-7-2-8/h5-8H2,1-4H3;1-2,4,7,9H,3,5-6H2;2H,1H2,(H,7,8)/t;9-;/m.0./s1. The molecule has 0 bridgehead atoms. The fourth-order valence-corrected chi connectivity index (χ4v) is 3.00. The van der Waals surface area contributed by atoms with Crippen LogP contribution in [0.2, 0.25) is 0 Å². The zero-order valence-electron chi connectivity index (χ0n) is 20.6. The van der Waals surface area contributed by atoms with E-state index < -0.39 is 12.7 Å². The van der Waals surface area contributed by atoms with Crippen LogP contribution in [0.1, 0.15) is 32.8 Å². The number of cyclic esters (lactones) is 1. The van der Waals surface area contributed by atoms with Crippen LogP contribution >= 0.6 is 0 Å². The van der Waals surface area contributed by atoms with E-state index in [1.165, 1.54) is 5.32 Å². The van der Waals surface area contributed by atoms with E-state index >= 15 is 0 Å². The minimum absolute atomic E-state index is 0.00743. The molecule has 1 aromatic rings. The molecule has 9 nitrogen and oxygen atoms in total. The van der Waals surface area contributed by atoms with Crippen molar-refractivity contribution in [1.82, 2.24) is 20.1 Å². The number of nitrogens with zero attached hydrogens (tertiary/aromatic N) is 3. The van der Waals surface area contributed by atoms with Crippen LogP contribution in [0.4, 0.5) is 18.0 Å². The van der Waals surface area contributed by atoms with E-state index in [9.17, 15) is 27.6 Å². The van der Waals surface area contributed by atoms with E-state index in [-0.39, 0.29) is 30.0 Å². The summed E-state index contributed by atoms with van der Waals surface area (Å²) in [4.78, 5) is 40.0. The number of aromatic nitrogens is 1. The normalized spacial score (nSPS) is 18.3. The van der Waals surface area contributed by atoms with Crippen molar-refractivity contribution in [3.8, 4) is 0 Å². The van der Waals surface area contributed by atoms with Crippen LogP contribution in [0.15, 0.2) is 24.5 Å². The van der Waals surface area contributed by atoms with Crippen LogP contribution in [-0.4, -0.2) is 91.4 Å². The molecule has 2 aliphatic rings. The van der Waals surface area contributed by atoms with Crippen LogP contribution in [0.25, 0.3) is 0 Å². The number of hydrogen-bond donors (Lipinski definition) is 1. The Hall–Kier alpha value is -2.89. The predicted octanol–water partition coefficient (Wildman–Crippen LogP) is 2.65. The summed E-state index contributed by atoms with van der Waals surface area (Å²) in [6.45, 7) is 8.39. The molecule has 0 radical (unpaired) electrons. The topological polar surface area (TPSA) is 101 Å². The third-order valence-electron chi connectivity index (χ3n) is 4.79. The highest BCUT2D eigenvalue weighted by molar-refractivity contribution is 5.74. The van der Waals surface area contributed by atoms with Gasteiger partial charge >= 0.3 is 18.2 Å². The average molecular weight is 505 g/mol. The first-order chi connectivity index (χ1) is 16.3. The Morgan fingerprint density at radius 1 is 1.26 bits per heavy atom. The molecule has 12 heteroatoms. The number of amides is 2. The number of halogens is 3. The van der Waals surface area contributed by atoms with Gasteiger partial charge in [-0.2, -0.15) is 13.2 Å². The third-order valence-corrected chi connectivity index (χ3v) is 4.79. The van der Waals surface area contributed by atoms with Crippen molar-refractivity contribution in [2.75, 3.05) is 46.4 Å². The smallest absolute Gasteiger partial charge is 0.410 e. The van der Waals surface area contributed by atoms with E-state index in [2.05, 4.69) is 16.9 Å². The molecule has 1 N–H and O–H groups in total. The molecule has 0 unspecified atom stereocenters. The molecule has 35 heavy (non-hydrogen) atoms. The highest BCUT2D eigenvalue weighted by atomic mass is 19.4. The molecule has 3 rings (SSSR count). The lowest BCUT2D eigenvalue weighted by molar-refractivity contribution is -0.141. The Morgan fingerprint density at radius 2 is 1.91 bits per heavy atom. The van der Waals surface area contributed by atoms with E-state index in [1.807, 2.05) is 32.9 Å². The molecule has 1 aromatic heterocycles. The van der Waals surface area contributed by atoms with E-state index in [4.69, 9.17) is 9.47 Å². The Labute approximate surface area is 203 Å². The second-order valence-corrected chi connectivity index (χ2v) is 9.10. The highest BCUT2D eigenvalue weighted by Crippen LogP contribution is 2.19. The Bertz CT molecular complexity index is 780. The molecule has 0 saturated carbocycles. The molecule has 0 spiro atoms. The van der Waals surface area contributed by atoms with E-state index in [1.54, 1.807) is 17.3 Å². The molecule has 1 atom stereocenters. The summed E-state index contributed by atoms with van der Waals surface area (Å²) >= 11 is 0. The van der Waals surface area contributed by atoms with Gasteiger partial charge in [-0.1, -0.05) is 6.07 Å². The molecule has 2 aliphatic heterocycles. The van der Waals surface area contributed by atoms with Crippen LogP contribution in [0.3, 0.4) is 0 Å². The number of carbonyl (C=O) groups excluding carboxylic acids is 3. The Balaban J connectivity index is 0.000000273. The maximum Gasteiger partial charge on any atom is 0.410 e. The predicted molar refractivity (Wildman–Crippen MR) is 122 cm³/mol. The van der Waals surface area contributed by atoms with Gasteiger partial charge in [0.25, 0.3) is 0 Å². The van der Waals surface area contributed by atoms with Crippen molar-refractivity contribution >= 4 is 18.5 Å². The Kier molecular flexibility index (Phi) is 12.5. The first-order valence-corrected chi connectivity index (χ1v) is 11.3. The number of likely N-dealkylation sites (N-methyl/N-ethyl adjacent to an activating group) is 1. The summed E-state index contributed by atoms with van der Waals surface area (Å²) in [7, 11) is 2.06. The minimum atomic E-state index is -4.29. The van der Waals surface area contributed by atoms with Crippen LogP contribution < -0.4 is 5.32 Å². The molecule has 2 saturated heterocycles. The molecule has 2 amide bonds. The number of ether oxygens (including phenoxy) is 2. The van der Waals surface area contributed by atoms with Crippen molar-refractivity contribution in [3.63, 3.8) is 0 Å². The van der Waals surface area contributed by atoms with Crippen molar-refractivity contribution in [3.05, 3.63) is 30.1 Å². The number of carbonyl (C=O) groups is 3. The molecule has 3 heterocycles. The molecular weight excluding hydrogens is 469 g/mol. The first kappa shape index (κ1) is 30.1. The maximum atomic E-state index is 11.6. The summed E-state index contributed by atoms with van der Waals surface area (Å²) in [6.07, 6.45) is 0.655. The fourth-order valence-electron chi connectivity index (χ4n) is 3.00. The summed E-state index contributed by atoms with van der Waals surface area (Å²) < 4.78 is 43.2. The lowest BCUT2D eigenvalue weighted by Gasteiger charge is -2.33. The lowest BCUT2D eigenvalue weighted by atomic mass is 10.00. The zero-order valence-corrected chi connectivity index (χ0v) is 20.6. The minimum Gasteiger partial charge on any atom is -0.465 e. The highest BCUT2D eigenvalue weighted by Gasteiger charge is 2.27. The molecule has 2 fully saturated rings. The fraction of sp³-hybridized carbons (Fsp3) is 0.652. The quantitative estimate of drug-likeness (QED) is 0.497. The summed E-state index contributed by atoms with van der Waals surface area (Å²) in [5.41, 5.74) is 0.715. The van der Waals surface area contributed by atoms with Crippen molar-refractivity contribution in [2.24, 2.45) is 5.92 Å². The summed E-state index contributed by atoms with van der Waals surface area (Å²) in [6, 6.07) is 3.87. The van der Waals surface area contributed by atoms with Crippen LogP contribution in [-0.2, 0) is 25.5 Å². The van der Waals surface area contributed by atoms with E-state index in [0.717, 1.165) is 44.6 Å². The van der Waals surface area contributed by atoms with Gasteiger partial charge in [0.05, 0.1) is 12.5 Å². The van der Waals surface area contributed by atoms with Gasteiger partial charge in [0, 0.05) is 38.6 Å². The number of pyridine rings is 1. The number of piperazine rings is 1. The average Bonchev–Trinajstić information content (AvgIpc) is 3.17. The number of rotatable bonds is 4. The SMILES string of the molecule is CN1CCN(C(=O)OC(C)(C)C)CC1.O=C1OCC[C@H]1Cc1cccnc1.O=CNCC(F)(F)F. The van der Waals surface area contributed by atoms with Crippen molar-refractivity contribution in [1.29, 1.82) is 0 Å². The van der Waals surface area contributed by atoms with Gasteiger partial charge in [0.15, 0.2) is 0 Å². The molecule has 0 aliphatic carbocycles. The molecule has 0 aromatic carbocycles. The van der Waals surface area contributed by atoms with E-state index in [0.29, 0.717) is 6.61 Å². The lowest BCUT2D eigenvalue weighted by Crippen LogP contribution is -2.48. The number of esters is 1. The third kappa shape index (κ3) is 14.2. The molecule has 198 valence electrons. The van der Waals surface area contributed by atoms with Gasteiger partial charge in [0.1, 0.15) is 12.1 Å². The van der Waals surface area contributed by atoms with Crippen molar-refractivity contribution < 1.29 is 37.0 Å². The largest absolute Gasteiger partial charge is 0.465 e. The maximum absolute atomic E-state index is 11.6. The monoisotopic (exact) mass is 504 g/mol. The van der Waals surface area contributed by atoms with Gasteiger partial charge in [-0.25, -0.2) is 4.79 Å². The number of hydrogen-bond acceptors (Lipinski definition) is 7. The number of nitrogens with one attached hydrogen (secondary N) is 1.